The van der Waals surface area contributed by atoms with E-state index in [1.165, 1.54) is 0 Å². The third kappa shape index (κ3) is 4.25. The Morgan fingerprint density at radius 2 is 2.28 bits per heavy atom. The molecule has 25 heavy (non-hydrogen) atoms. The number of aryl methyl sites for hydroxylation is 1. The molecule has 0 bridgehead atoms. The van der Waals surface area contributed by atoms with Gasteiger partial charge in [0.15, 0.2) is 0 Å². The molecule has 134 valence electrons. The molecular weight excluding hydrogens is 316 g/mol. The van der Waals surface area contributed by atoms with E-state index in [9.17, 15) is 4.79 Å². The molecule has 1 fully saturated rings. The molecule has 1 aliphatic heterocycles. The number of imidazole rings is 1. The Morgan fingerprint density at radius 1 is 1.40 bits per heavy atom. The predicted octanol–water partition coefficient (Wildman–Crippen LogP) is 2.33. The van der Waals surface area contributed by atoms with E-state index in [4.69, 9.17) is 4.74 Å². The van der Waals surface area contributed by atoms with Gasteiger partial charge in [0.2, 0.25) is 0 Å². The maximum absolute atomic E-state index is 12.7. The van der Waals surface area contributed by atoms with Crippen molar-refractivity contribution < 1.29 is 9.53 Å². The van der Waals surface area contributed by atoms with Crippen LogP contribution in [0.25, 0.3) is 0 Å². The summed E-state index contributed by atoms with van der Waals surface area (Å²) in [6.07, 6.45) is 8.33. The highest BCUT2D eigenvalue weighted by molar-refractivity contribution is 5.93. The molecule has 1 unspecified atom stereocenters. The van der Waals surface area contributed by atoms with Gasteiger partial charge in [-0.15, -0.1) is 0 Å². The van der Waals surface area contributed by atoms with E-state index in [0.29, 0.717) is 18.1 Å². The molecule has 0 aromatic carbocycles. The average Bonchev–Trinajstić information content (AvgIpc) is 3.00. The lowest BCUT2D eigenvalue weighted by atomic mass is 9.94. The zero-order chi connectivity index (χ0) is 17.6. The van der Waals surface area contributed by atoms with Crippen molar-refractivity contribution in [1.29, 1.82) is 0 Å². The van der Waals surface area contributed by atoms with Gasteiger partial charge in [-0.1, -0.05) is 0 Å². The molecule has 2 aromatic heterocycles. The third-order valence-electron chi connectivity index (χ3n) is 4.84. The van der Waals surface area contributed by atoms with E-state index < -0.39 is 0 Å². The molecule has 1 saturated heterocycles. The lowest BCUT2D eigenvalue weighted by Crippen LogP contribution is -2.40. The van der Waals surface area contributed by atoms with Gasteiger partial charge in [-0.2, -0.15) is 0 Å². The summed E-state index contributed by atoms with van der Waals surface area (Å²) in [5.74, 6) is 1.62. The largest absolute Gasteiger partial charge is 0.383 e. The Kier molecular flexibility index (Phi) is 5.81. The van der Waals surface area contributed by atoms with Crippen LogP contribution >= 0.6 is 0 Å². The number of pyridine rings is 1. The number of aromatic nitrogens is 3. The molecule has 1 amide bonds. The zero-order valence-electron chi connectivity index (χ0n) is 15.0. The number of nitrogens with zero attached hydrogens (tertiary/aromatic N) is 4. The summed E-state index contributed by atoms with van der Waals surface area (Å²) in [6, 6.07) is 3.64. The summed E-state index contributed by atoms with van der Waals surface area (Å²) in [4.78, 5) is 23.3. The van der Waals surface area contributed by atoms with Crippen LogP contribution < -0.4 is 0 Å². The Balaban J connectivity index is 1.65. The Hall–Kier alpha value is -2.21. The number of carbonyl (C=O) groups is 1. The van der Waals surface area contributed by atoms with E-state index in [0.717, 1.165) is 50.4 Å². The molecule has 6 nitrogen and oxygen atoms in total. The van der Waals surface area contributed by atoms with Crippen LogP contribution in [0.4, 0.5) is 0 Å². The summed E-state index contributed by atoms with van der Waals surface area (Å²) >= 11 is 0. The number of carbonyl (C=O) groups excluding carboxylic acids is 1. The number of piperidine rings is 1. The predicted molar refractivity (Wildman–Crippen MR) is 95.4 cm³/mol. The van der Waals surface area contributed by atoms with Crippen molar-refractivity contribution in [2.75, 3.05) is 26.8 Å². The number of hydrogen-bond acceptors (Lipinski definition) is 4. The molecule has 0 aliphatic carbocycles. The monoisotopic (exact) mass is 342 g/mol. The minimum atomic E-state index is 0.0803. The molecule has 1 atom stereocenters. The fourth-order valence-corrected chi connectivity index (χ4v) is 3.51. The summed E-state index contributed by atoms with van der Waals surface area (Å²) in [7, 11) is 1.72. The van der Waals surface area contributed by atoms with E-state index in [1.54, 1.807) is 19.5 Å². The number of rotatable bonds is 6. The zero-order valence-corrected chi connectivity index (χ0v) is 15.0. The van der Waals surface area contributed by atoms with Crippen LogP contribution in [0.15, 0.2) is 30.7 Å². The maximum atomic E-state index is 12.7. The molecule has 2 aromatic rings. The topological polar surface area (TPSA) is 60.2 Å². The molecule has 0 spiro atoms. The first-order valence-corrected chi connectivity index (χ1v) is 8.88. The van der Waals surface area contributed by atoms with E-state index in [1.807, 2.05) is 23.2 Å². The van der Waals surface area contributed by atoms with Crippen LogP contribution in [0, 0.1) is 12.8 Å². The smallest absolute Gasteiger partial charge is 0.255 e. The van der Waals surface area contributed by atoms with E-state index >= 15 is 0 Å². The number of ether oxygens (including phenoxy) is 1. The molecule has 6 heteroatoms. The summed E-state index contributed by atoms with van der Waals surface area (Å²) in [5.41, 5.74) is 1.83. The average molecular weight is 342 g/mol. The SMILES string of the molecule is COCCn1c(C)cnc1CC1CCCN(C(=O)c2cccnc2)C1. The number of methoxy groups -OCH3 is 1. The fraction of sp³-hybridized carbons (Fsp3) is 0.526. The highest BCUT2D eigenvalue weighted by atomic mass is 16.5. The first-order chi connectivity index (χ1) is 12.2. The van der Waals surface area contributed by atoms with Gasteiger partial charge in [0.05, 0.1) is 12.2 Å². The molecule has 0 radical (unpaired) electrons. The molecule has 0 saturated carbocycles. The first kappa shape index (κ1) is 17.6. The first-order valence-electron chi connectivity index (χ1n) is 8.88. The lowest BCUT2D eigenvalue weighted by molar-refractivity contribution is 0.0671. The Labute approximate surface area is 148 Å². The van der Waals surface area contributed by atoms with E-state index in [-0.39, 0.29) is 5.91 Å². The van der Waals surface area contributed by atoms with Crippen molar-refractivity contribution in [3.8, 4) is 0 Å². The van der Waals surface area contributed by atoms with Gasteiger partial charge in [0.25, 0.3) is 5.91 Å². The van der Waals surface area contributed by atoms with Gasteiger partial charge < -0.3 is 14.2 Å². The highest BCUT2D eigenvalue weighted by Gasteiger charge is 2.26. The van der Waals surface area contributed by atoms with Crippen molar-refractivity contribution in [2.24, 2.45) is 5.92 Å². The van der Waals surface area contributed by atoms with Gasteiger partial charge in [-0.05, 0) is 37.8 Å². The Bertz CT molecular complexity index is 699. The second-order valence-electron chi connectivity index (χ2n) is 6.67. The lowest BCUT2D eigenvalue weighted by Gasteiger charge is -2.32. The van der Waals surface area contributed by atoms with Crippen molar-refractivity contribution >= 4 is 5.91 Å². The van der Waals surface area contributed by atoms with Crippen LogP contribution in [0.1, 0.15) is 34.7 Å². The minimum absolute atomic E-state index is 0.0803. The molecular formula is C19H26N4O2. The van der Waals surface area contributed by atoms with Crippen molar-refractivity contribution in [3.05, 3.63) is 47.8 Å². The summed E-state index contributed by atoms with van der Waals surface area (Å²) < 4.78 is 7.43. The highest BCUT2D eigenvalue weighted by Crippen LogP contribution is 2.22. The van der Waals surface area contributed by atoms with Gasteiger partial charge in [0.1, 0.15) is 5.82 Å². The fourth-order valence-electron chi connectivity index (χ4n) is 3.51. The van der Waals surface area contributed by atoms with Crippen molar-refractivity contribution in [3.63, 3.8) is 0 Å². The van der Waals surface area contributed by atoms with Crippen LogP contribution in [-0.4, -0.2) is 52.1 Å². The minimum Gasteiger partial charge on any atom is -0.383 e. The molecule has 3 rings (SSSR count). The van der Waals surface area contributed by atoms with Crippen LogP contribution in [-0.2, 0) is 17.7 Å². The standard InChI is InChI=1S/C19H26N4O2/c1-15-12-21-18(23(15)9-10-25-2)11-16-5-4-8-22(14-16)19(24)17-6-3-7-20-13-17/h3,6-7,12-13,16H,4-5,8-11,14H2,1-2H3. The summed E-state index contributed by atoms with van der Waals surface area (Å²) in [6.45, 7) is 5.18. The maximum Gasteiger partial charge on any atom is 0.255 e. The number of hydrogen-bond donors (Lipinski definition) is 0. The van der Waals surface area contributed by atoms with Crippen LogP contribution in [0.5, 0.6) is 0 Å². The Morgan fingerprint density at radius 3 is 3.04 bits per heavy atom. The van der Waals surface area contributed by atoms with E-state index in [2.05, 4.69) is 21.5 Å². The third-order valence-corrected chi connectivity index (χ3v) is 4.84. The van der Waals surface area contributed by atoms with Gasteiger partial charge in [0, 0.05) is 57.4 Å². The number of likely N-dealkylation sites (tertiary alicyclic amines) is 1. The van der Waals surface area contributed by atoms with Gasteiger partial charge >= 0.3 is 0 Å². The van der Waals surface area contributed by atoms with Gasteiger partial charge in [-0.3, -0.25) is 9.78 Å². The van der Waals surface area contributed by atoms with Crippen LogP contribution in [0.2, 0.25) is 0 Å². The van der Waals surface area contributed by atoms with Gasteiger partial charge in [-0.25, -0.2) is 4.98 Å². The summed E-state index contributed by atoms with van der Waals surface area (Å²) in [5, 5.41) is 0. The van der Waals surface area contributed by atoms with Crippen LogP contribution in [0.3, 0.4) is 0 Å². The second kappa shape index (κ2) is 8.25. The number of amides is 1. The normalized spacial score (nSPS) is 17.7. The molecule has 1 aliphatic rings. The van der Waals surface area contributed by atoms with Crippen molar-refractivity contribution in [2.45, 2.75) is 32.7 Å². The molecule has 3 heterocycles. The quantitative estimate of drug-likeness (QED) is 0.808. The second-order valence-corrected chi connectivity index (χ2v) is 6.67. The van der Waals surface area contributed by atoms with Crippen molar-refractivity contribution in [1.82, 2.24) is 19.4 Å². The molecule has 0 N–H and O–H groups in total.